The number of carbonyl (C=O) groups is 1. The molecule has 0 aliphatic carbocycles. The Labute approximate surface area is 263 Å². The van der Waals surface area contributed by atoms with Gasteiger partial charge < -0.3 is 39.2 Å². The first kappa shape index (κ1) is 31.8. The maximum absolute atomic E-state index is 12.1. The van der Waals surface area contributed by atoms with Crippen LogP contribution < -0.4 is 4.74 Å². The second-order valence-corrected chi connectivity index (χ2v) is 11.1. The number of nitrogens with zero attached hydrogens (tertiary/aromatic N) is 1. The minimum Gasteiger partial charge on any atom is -0.508 e. The first-order valence-corrected chi connectivity index (χ1v) is 15.1. The molecule has 1 saturated heterocycles. The van der Waals surface area contributed by atoms with Gasteiger partial charge in [0.25, 0.3) is 0 Å². The Kier molecular flexibility index (Phi) is 11.3. The molecule has 1 aliphatic rings. The molecule has 3 N–H and O–H groups in total. The number of phenols is 2. The van der Waals surface area contributed by atoms with Gasteiger partial charge in [-0.2, -0.15) is 0 Å². The molecule has 5 rings (SSSR count). The lowest BCUT2D eigenvalue weighted by Crippen LogP contribution is -2.54. The number of rotatable bonds is 14. The molecule has 0 aromatic heterocycles. The molecule has 9 heteroatoms. The van der Waals surface area contributed by atoms with Gasteiger partial charge >= 0.3 is 6.09 Å². The van der Waals surface area contributed by atoms with Gasteiger partial charge in [-0.25, -0.2) is 4.79 Å². The monoisotopic (exact) mass is 613 g/mol. The highest BCUT2D eigenvalue weighted by Crippen LogP contribution is 2.35. The third kappa shape index (κ3) is 9.46. The van der Waals surface area contributed by atoms with Crippen molar-refractivity contribution >= 4 is 6.09 Å². The number of piperidine rings is 1. The molecule has 0 radical (unpaired) electrons. The van der Waals surface area contributed by atoms with Crippen molar-refractivity contribution in [1.82, 2.24) is 4.90 Å². The number of benzene rings is 4. The Morgan fingerprint density at radius 2 is 1.20 bits per heavy atom. The van der Waals surface area contributed by atoms with Gasteiger partial charge in [-0.1, -0.05) is 66.7 Å². The van der Waals surface area contributed by atoms with Gasteiger partial charge in [0, 0.05) is 12.3 Å². The quantitative estimate of drug-likeness (QED) is 0.141. The summed E-state index contributed by atoms with van der Waals surface area (Å²) in [5, 5.41) is 29.2. The largest absolute Gasteiger partial charge is 0.508 e. The van der Waals surface area contributed by atoms with Crippen LogP contribution in [0.1, 0.15) is 34.6 Å². The SMILES string of the molecule is O=C(O)N1C[C@H](OCc2ccc(O)cc2)[C@H](c2ccc(OCCCOCc3ccccc3)cc2)[C@H](OCc2ccc(O)cc2)C1. The zero-order valence-electron chi connectivity index (χ0n) is 25.0. The fourth-order valence-electron chi connectivity index (χ4n) is 5.37. The van der Waals surface area contributed by atoms with Gasteiger partial charge in [0.1, 0.15) is 17.2 Å². The van der Waals surface area contributed by atoms with Gasteiger partial charge in [0.15, 0.2) is 0 Å². The summed E-state index contributed by atoms with van der Waals surface area (Å²) in [6.45, 7) is 2.52. The predicted molar refractivity (Wildman–Crippen MR) is 168 cm³/mol. The van der Waals surface area contributed by atoms with Gasteiger partial charge in [-0.15, -0.1) is 0 Å². The Morgan fingerprint density at radius 3 is 1.73 bits per heavy atom. The first-order chi connectivity index (χ1) is 21.9. The molecule has 0 spiro atoms. The van der Waals surface area contributed by atoms with Crippen molar-refractivity contribution in [3.63, 3.8) is 0 Å². The van der Waals surface area contributed by atoms with Crippen molar-refractivity contribution in [1.29, 1.82) is 0 Å². The van der Waals surface area contributed by atoms with Crippen LogP contribution in [0.5, 0.6) is 17.2 Å². The normalized spacial score (nSPS) is 18.0. The van der Waals surface area contributed by atoms with Gasteiger partial charge in [0.2, 0.25) is 0 Å². The Morgan fingerprint density at radius 1 is 0.667 bits per heavy atom. The second-order valence-electron chi connectivity index (χ2n) is 11.1. The molecule has 1 fully saturated rings. The van der Waals surface area contributed by atoms with E-state index in [1.54, 1.807) is 48.5 Å². The molecule has 3 atom stereocenters. The fourth-order valence-corrected chi connectivity index (χ4v) is 5.37. The van der Waals surface area contributed by atoms with Gasteiger partial charge in [0.05, 0.1) is 58.3 Å². The van der Waals surface area contributed by atoms with Gasteiger partial charge in [-0.05, 0) is 58.7 Å². The van der Waals surface area contributed by atoms with E-state index in [4.69, 9.17) is 18.9 Å². The summed E-state index contributed by atoms with van der Waals surface area (Å²) in [7, 11) is 0. The Hall–Kier alpha value is -4.57. The average molecular weight is 614 g/mol. The van der Waals surface area contributed by atoms with Gasteiger partial charge in [-0.3, -0.25) is 0 Å². The Balaban J connectivity index is 1.26. The minimum absolute atomic E-state index is 0.163. The van der Waals surface area contributed by atoms with Crippen LogP contribution in [0, 0.1) is 0 Å². The van der Waals surface area contributed by atoms with E-state index in [2.05, 4.69) is 0 Å². The molecule has 0 bridgehead atoms. The molecule has 0 unspecified atom stereocenters. The molecule has 1 heterocycles. The highest BCUT2D eigenvalue weighted by atomic mass is 16.5. The summed E-state index contributed by atoms with van der Waals surface area (Å²) < 4.78 is 24.5. The standard InChI is InChI=1S/C36H39NO8/c38-30-13-7-27(8-14-30)24-44-33-21-37(36(40)41)22-34(45-25-28-9-15-31(39)16-10-28)35(33)29-11-17-32(18-12-29)43-20-4-19-42-23-26-5-2-1-3-6-26/h1-3,5-18,33-35,38-39H,4,19-25H2,(H,40,41)/t33-,34+,35-. The van der Waals surface area contributed by atoms with Crippen LogP contribution in [0.2, 0.25) is 0 Å². The van der Waals surface area contributed by atoms with Crippen molar-refractivity contribution in [3.8, 4) is 17.2 Å². The lowest BCUT2D eigenvalue weighted by molar-refractivity contribution is -0.0937. The molecule has 9 nitrogen and oxygen atoms in total. The molecule has 1 amide bonds. The van der Waals surface area contributed by atoms with E-state index in [1.807, 2.05) is 54.6 Å². The van der Waals surface area contributed by atoms with Crippen LogP contribution >= 0.6 is 0 Å². The maximum atomic E-state index is 12.1. The first-order valence-electron chi connectivity index (χ1n) is 15.1. The second kappa shape index (κ2) is 15.9. The van der Waals surface area contributed by atoms with Crippen molar-refractivity contribution in [3.05, 3.63) is 125 Å². The van der Waals surface area contributed by atoms with Crippen molar-refractivity contribution < 1.29 is 39.1 Å². The van der Waals surface area contributed by atoms with E-state index >= 15 is 0 Å². The Bertz CT molecular complexity index is 1400. The molecule has 45 heavy (non-hydrogen) atoms. The van der Waals surface area contributed by atoms with Crippen molar-refractivity contribution in [2.45, 2.75) is 44.4 Å². The van der Waals surface area contributed by atoms with E-state index in [0.717, 1.165) is 34.4 Å². The van der Waals surface area contributed by atoms with Crippen LogP contribution in [0.15, 0.2) is 103 Å². The van der Waals surface area contributed by atoms with Crippen LogP contribution in [0.4, 0.5) is 4.79 Å². The average Bonchev–Trinajstić information content (AvgIpc) is 3.06. The van der Waals surface area contributed by atoms with Crippen LogP contribution in [-0.4, -0.2) is 64.8 Å². The van der Waals surface area contributed by atoms with Crippen LogP contribution in [0.25, 0.3) is 0 Å². The van der Waals surface area contributed by atoms with E-state index < -0.39 is 18.3 Å². The van der Waals surface area contributed by atoms with E-state index in [0.29, 0.717) is 19.8 Å². The lowest BCUT2D eigenvalue weighted by Gasteiger charge is -2.42. The number of ether oxygens (including phenoxy) is 4. The highest BCUT2D eigenvalue weighted by Gasteiger charge is 2.41. The number of phenolic OH excluding ortho intramolecular Hbond substituents is 2. The number of aromatic hydroxyl groups is 2. The van der Waals surface area contributed by atoms with Crippen LogP contribution in [0.3, 0.4) is 0 Å². The maximum Gasteiger partial charge on any atom is 0.407 e. The van der Waals surface area contributed by atoms with Crippen molar-refractivity contribution in [2.75, 3.05) is 26.3 Å². The van der Waals surface area contributed by atoms with E-state index in [-0.39, 0.29) is 43.7 Å². The zero-order valence-corrected chi connectivity index (χ0v) is 25.0. The predicted octanol–water partition coefficient (Wildman–Crippen LogP) is 6.33. The summed E-state index contributed by atoms with van der Waals surface area (Å²) in [5.41, 5.74) is 3.80. The molecular weight excluding hydrogens is 574 g/mol. The molecule has 0 saturated carbocycles. The summed E-state index contributed by atoms with van der Waals surface area (Å²) in [6.07, 6.45) is -1.28. The van der Waals surface area contributed by atoms with Crippen molar-refractivity contribution in [2.24, 2.45) is 0 Å². The summed E-state index contributed by atoms with van der Waals surface area (Å²) in [4.78, 5) is 13.5. The minimum atomic E-state index is -1.04. The molecule has 236 valence electrons. The number of hydrogen-bond donors (Lipinski definition) is 3. The third-order valence-corrected chi connectivity index (χ3v) is 7.75. The highest BCUT2D eigenvalue weighted by molar-refractivity contribution is 5.65. The number of carboxylic acid groups (broad SMARTS) is 1. The lowest BCUT2D eigenvalue weighted by atomic mass is 9.84. The zero-order chi connectivity index (χ0) is 31.4. The number of amides is 1. The third-order valence-electron chi connectivity index (χ3n) is 7.75. The molecular formula is C36H39NO8. The summed E-state index contributed by atoms with van der Waals surface area (Å²) in [5.74, 6) is 0.787. The topological polar surface area (TPSA) is 118 Å². The van der Waals surface area contributed by atoms with Crippen LogP contribution in [-0.2, 0) is 34.0 Å². The number of likely N-dealkylation sites (tertiary alicyclic amines) is 1. The molecule has 4 aromatic rings. The van der Waals surface area contributed by atoms with E-state index in [1.165, 1.54) is 4.90 Å². The fraction of sp³-hybridized carbons (Fsp3) is 0.306. The van der Waals surface area contributed by atoms with E-state index in [9.17, 15) is 20.1 Å². The molecule has 4 aromatic carbocycles. The smallest absolute Gasteiger partial charge is 0.407 e. The number of hydrogen-bond acceptors (Lipinski definition) is 7. The summed E-state index contributed by atoms with van der Waals surface area (Å²) in [6, 6.07) is 31.3. The summed E-state index contributed by atoms with van der Waals surface area (Å²) >= 11 is 0. The molecule has 1 aliphatic heterocycles.